The van der Waals surface area contributed by atoms with Crippen molar-refractivity contribution in [1.29, 1.82) is 0 Å². The number of nitrogens with zero attached hydrogens (tertiary/aromatic N) is 5. The van der Waals surface area contributed by atoms with E-state index >= 15 is 0 Å². The van der Waals surface area contributed by atoms with Gasteiger partial charge in [0.05, 0.1) is 12.8 Å². The zero-order chi connectivity index (χ0) is 30.0. The first-order valence-electron chi connectivity index (χ1n) is 13.4. The fourth-order valence-electron chi connectivity index (χ4n) is 3.78. The van der Waals surface area contributed by atoms with Crippen LogP contribution in [0.3, 0.4) is 0 Å². The second-order valence-electron chi connectivity index (χ2n) is 10.4. The van der Waals surface area contributed by atoms with Crippen molar-refractivity contribution in [2.24, 2.45) is 0 Å². The Balaban J connectivity index is 1.30. The van der Waals surface area contributed by atoms with Gasteiger partial charge < -0.3 is 20.3 Å². The van der Waals surface area contributed by atoms with E-state index in [1.807, 2.05) is 81.4 Å². The molecule has 11 nitrogen and oxygen atoms in total. The number of rotatable bonds is 12. The molecule has 0 saturated carbocycles. The van der Waals surface area contributed by atoms with Crippen molar-refractivity contribution >= 4 is 50.8 Å². The topological polar surface area (TPSA) is 139 Å². The van der Waals surface area contributed by atoms with Crippen molar-refractivity contribution in [3.8, 4) is 0 Å². The molecule has 0 bridgehead atoms. The van der Waals surface area contributed by atoms with Gasteiger partial charge in [-0.2, -0.15) is 0 Å². The summed E-state index contributed by atoms with van der Waals surface area (Å²) in [5.74, 6) is -0.348. The number of carbonyl (C=O) groups excluding carboxylic acids is 3. The van der Waals surface area contributed by atoms with E-state index in [-0.39, 0.29) is 24.7 Å². The molecule has 2 N–H and O–H groups in total. The minimum Gasteiger partial charge on any atom is -0.444 e. The zero-order valence-corrected chi connectivity index (χ0v) is 25.3. The van der Waals surface area contributed by atoms with Gasteiger partial charge in [0.2, 0.25) is 22.1 Å². The Kier molecular flexibility index (Phi) is 10.7. The third kappa shape index (κ3) is 10.3. The lowest BCUT2D eigenvalue weighted by Crippen LogP contribution is -2.39. The third-order valence-corrected chi connectivity index (χ3v) is 7.48. The van der Waals surface area contributed by atoms with Crippen molar-refractivity contribution in [3.63, 3.8) is 0 Å². The van der Waals surface area contributed by atoms with Gasteiger partial charge >= 0.3 is 6.09 Å². The van der Waals surface area contributed by atoms with Gasteiger partial charge in [0, 0.05) is 25.9 Å². The highest BCUT2D eigenvalue weighted by Crippen LogP contribution is 2.20. The monoisotopic (exact) mass is 607 g/mol. The molecule has 2 heterocycles. The normalized spacial score (nSPS) is 11.1. The van der Waals surface area contributed by atoms with E-state index in [9.17, 15) is 14.4 Å². The standard InChI is InChI=1S/C29H33N7O4S2/c1-29(2,3)40-28(39)36(16-14-24-32-34-26(41-24)30-22(37)18-20-10-6-4-7-11-20)17-15-25-33-35-27(42-25)31-23(38)19-21-12-8-5-9-13-21/h4-13H,14-19H2,1-3H3,(H,30,34,37)(H,31,35,38). The van der Waals surface area contributed by atoms with Crippen LogP contribution in [0.1, 0.15) is 41.9 Å². The van der Waals surface area contributed by atoms with Gasteiger partial charge in [0.1, 0.15) is 15.6 Å². The smallest absolute Gasteiger partial charge is 0.410 e. The summed E-state index contributed by atoms with van der Waals surface area (Å²) in [5.41, 5.74) is 1.16. The molecule has 0 saturated heterocycles. The van der Waals surface area contributed by atoms with Crippen molar-refractivity contribution in [2.75, 3.05) is 23.7 Å². The van der Waals surface area contributed by atoms with Crippen molar-refractivity contribution < 1.29 is 19.1 Å². The highest BCUT2D eigenvalue weighted by molar-refractivity contribution is 7.15. The highest BCUT2D eigenvalue weighted by Gasteiger charge is 2.23. The van der Waals surface area contributed by atoms with E-state index in [0.717, 1.165) is 11.1 Å². The first-order chi connectivity index (χ1) is 20.1. The molecule has 0 aliphatic heterocycles. The SMILES string of the molecule is CC(C)(C)OC(=O)N(CCc1nnc(NC(=O)Cc2ccccc2)s1)CCc1nnc(NC(=O)Cc2ccccc2)s1. The summed E-state index contributed by atoms with van der Waals surface area (Å²) in [6.07, 6.45) is 0.896. The molecule has 4 rings (SSSR count). The quantitative estimate of drug-likeness (QED) is 0.235. The number of carbonyl (C=O) groups is 3. The van der Waals surface area contributed by atoms with Gasteiger partial charge in [-0.3, -0.25) is 9.59 Å². The summed E-state index contributed by atoms with van der Waals surface area (Å²) < 4.78 is 5.61. The summed E-state index contributed by atoms with van der Waals surface area (Å²) in [7, 11) is 0. The van der Waals surface area contributed by atoms with Crippen LogP contribution in [0.15, 0.2) is 60.7 Å². The lowest BCUT2D eigenvalue weighted by atomic mass is 10.1. The average Bonchev–Trinajstić information content (AvgIpc) is 3.57. The Labute approximate surface area is 252 Å². The largest absolute Gasteiger partial charge is 0.444 e. The van der Waals surface area contributed by atoms with E-state index in [2.05, 4.69) is 31.0 Å². The van der Waals surface area contributed by atoms with E-state index < -0.39 is 11.7 Å². The van der Waals surface area contributed by atoms with Gasteiger partial charge in [-0.05, 0) is 31.9 Å². The first kappa shape index (κ1) is 30.7. The predicted molar refractivity (Wildman–Crippen MR) is 163 cm³/mol. The van der Waals surface area contributed by atoms with Gasteiger partial charge in [0.25, 0.3) is 0 Å². The summed E-state index contributed by atoms with van der Waals surface area (Å²) in [5, 5.41) is 24.2. The molecule has 2 aromatic heterocycles. The van der Waals surface area contributed by atoms with Crippen LogP contribution < -0.4 is 10.6 Å². The Bertz CT molecular complexity index is 1370. The summed E-state index contributed by atoms with van der Waals surface area (Å²) >= 11 is 2.54. The van der Waals surface area contributed by atoms with E-state index in [0.29, 0.717) is 46.2 Å². The molecule has 220 valence electrons. The van der Waals surface area contributed by atoms with Crippen LogP contribution in [0.25, 0.3) is 0 Å². The molecule has 2 aromatic carbocycles. The number of benzene rings is 2. The minimum atomic E-state index is -0.660. The number of nitrogens with one attached hydrogen (secondary N) is 2. The van der Waals surface area contributed by atoms with Crippen molar-refractivity contribution in [3.05, 3.63) is 81.8 Å². The number of anilines is 2. The van der Waals surface area contributed by atoms with Crippen molar-refractivity contribution in [1.82, 2.24) is 25.3 Å². The molecule has 0 fully saturated rings. The average molecular weight is 608 g/mol. The summed E-state index contributed by atoms with van der Waals surface area (Å²) in [4.78, 5) is 39.3. The molecule has 3 amide bonds. The zero-order valence-electron chi connectivity index (χ0n) is 23.7. The molecule has 0 spiro atoms. The number of amides is 3. The van der Waals surface area contributed by atoms with Crippen LogP contribution >= 0.6 is 22.7 Å². The lowest BCUT2D eigenvalue weighted by molar-refractivity contribution is -0.116. The Hall–Kier alpha value is -4.23. The van der Waals surface area contributed by atoms with Crippen molar-refractivity contribution in [2.45, 2.75) is 52.1 Å². The van der Waals surface area contributed by atoms with Crippen LogP contribution in [0.5, 0.6) is 0 Å². The highest BCUT2D eigenvalue weighted by atomic mass is 32.1. The van der Waals surface area contributed by atoms with E-state index in [4.69, 9.17) is 4.74 Å². The maximum atomic E-state index is 13.0. The summed E-state index contributed by atoms with van der Waals surface area (Å²) in [6.45, 7) is 6.11. The lowest BCUT2D eigenvalue weighted by Gasteiger charge is -2.27. The molecule has 42 heavy (non-hydrogen) atoms. The second-order valence-corrected chi connectivity index (χ2v) is 12.5. The molecule has 0 aliphatic rings. The van der Waals surface area contributed by atoms with Gasteiger partial charge in [0.15, 0.2) is 0 Å². The first-order valence-corrected chi connectivity index (χ1v) is 15.1. The summed E-state index contributed by atoms with van der Waals surface area (Å²) in [6, 6.07) is 18.9. The van der Waals surface area contributed by atoms with Gasteiger partial charge in [-0.1, -0.05) is 83.3 Å². The van der Waals surface area contributed by atoms with Crippen LogP contribution in [0.2, 0.25) is 0 Å². The fourth-order valence-corrected chi connectivity index (χ4v) is 5.27. The molecular weight excluding hydrogens is 574 g/mol. The van der Waals surface area contributed by atoms with Gasteiger partial charge in [-0.15, -0.1) is 20.4 Å². The van der Waals surface area contributed by atoms with Crippen LogP contribution in [0, 0.1) is 0 Å². The number of ether oxygens (including phenoxy) is 1. The predicted octanol–water partition coefficient (Wildman–Crippen LogP) is 4.77. The molecule has 0 radical (unpaired) electrons. The molecule has 0 unspecified atom stereocenters. The molecular formula is C29H33N7O4S2. The second kappa shape index (κ2) is 14.6. The number of aromatic nitrogens is 4. The van der Waals surface area contributed by atoms with Crippen LogP contribution in [-0.4, -0.2) is 61.9 Å². The molecule has 4 aromatic rings. The maximum Gasteiger partial charge on any atom is 0.410 e. The van der Waals surface area contributed by atoms with Crippen LogP contribution in [-0.2, 0) is 40.0 Å². The Morgan fingerprint density at radius 1 is 0.714 bits per heavy atom. The van der Waals surface area contributed by atoms with Gasteiger partial charge in [-0.25, -0.2) is 4.79 Å². The molecule has 0 atom stereocenters. The Morgan fingerprint density at radius 2 is 1.14 bits per heavy atom. The van der Waals surface area contributed by atoms with E-state index in [1.54, 1.807) is 4.90 Å². The minimum absolute atomic E-state index is 0.174. The number of hydrogen-bond donors (Lipinski definition) is 2. The van der Waals surface area contributed by atoms with Crippen LogP contribution in [0.4, 0.5) is 15.1 Å². The number of hydrogen-bond acceptors (Lipinski definition) is 10. The third-order valence-electron chi connectivity index (χ3n) is 5.68. The van der Waals surface area contributed by atoms with E-state index in [1.165, 1.54) is 22.7 Å². The Morgan fingerprint density at radius 3 is 1.55 bits per heavy atom. The fraction of sp³-hybridized carbons (Fsp3) is 0.345. The molecule has 13 heteroatoms. The molecule has 0 aliphatic carbocycles. The maximum absolute atomic E-state index is 13.0.